The third kappa shape index (κ3) is 8.09. The van der Waals surface area contributed by atoms with Gasteiger partial charge in [-0.1, -0.05) is 12.1 Å². The molecule has 3 rings (SSSR count). The molecule has 0 aliphatic rings. The highest BCUT2D eigenvalue weighted by Crippen LogP contribution is 2.34. The third-order valence-corrected chi connectivity index (χ3v) is 4.69. The van der Waals surface area contributed by atoms with Gasteiger partial charge in [0, 0.05) is 5.69 Å². The minimum atomic E-state index is -4.61. The van der Waals surface area contributed by atoms with E-state index in [9.17, 15) is 27.6 Å². The second kappa shape index (κ2) is 12.2. The molecule has 0 spiro atoms. The summed E-state index contributed by atoms with van der Waals surface area (Å²) >= 11 is 0. The number of ether oxygens (including phenoxy) is 2. The Morgan fingerprint density at radius 3 is 2.16 bits per heavy atom. The fourth-order valence-corrected chi connectivity index (χ4v) is 2.90. The lowest BCUT2D eigenvalue weighted by molar-refractivity contribution is -0.137. The molecule has 0 aromatic heterocycles. The van der Waals surface area contributed by atoms with Gasteiger partial charge in [-0.15, -0.1) is 0 Å². The maximum Gasteiger partial charge on any atom is 0.418 e. The van der Waals surface area contributed by atoms with Gasteiger partial charge in [-0.2, -0.15) is 18.3 Å². The van der Waals surface area contributed by atoms with Crippen LogP contribution in [-0.2, 0) is 20.6 Å². The van der Waals surface area contributed by atoms with Crippen molar-refractivity contribution in [3.63, 3.8) is 0 Å². The van der Waals surface area contributed by atoms with Crippen LogP contribution in [0.1, 0.15) is 11.1 Å². The molecule has 0 aliphatic heterocycles. The number of halogens is 3. The number of benzene rings is 3. The molecule has 192 valence electrons. The summed E-state index contributed by atoms with van der Waals surface area (Å²) in [5, 5.41) is 8.30. The molecule has 0 heterocycles. The van der Waals surface area contributed by atoms with E-state index >= 15 is 0 Å². The van der Waals surface area contributed by atoms with Crippen LogP contribution in [0.3, 0.4) is 0 Å². The predicted octanol–water partition coefficient (Wildman–Crippen LogP) is 3.82. The van der Waals surface area contributed by atoms with Crippen molar-refractivity contribution >= 4 is 35.3 Å². The Balaban J connectivity index is 1.45. The molecule has 0 unspecified atom stereocenters. The van der Waals surface area contributed by atoms with E-state index in [1.54, 1.807) is 36.4 Å². The number of methoxy groups -OCH3 is 1. The van der Waals surface area contributed by atoms with Crippen LogP contribution in [0, 0.1) is 0 Å². The fraction of sp³-hybridized carbons (Fsp3) is 0.120. The Labute approximate surface area is 209 Å². The number of rotatable bonds is 8. The molecule has 3 amide bonds. The van der Waals surface area contributed by atoms with Gasteiger partial charge in [0.2, 0.25) is 0 Å². The van der Waals surface area contributed by atoms with Gasteiger partial charge in [-0.3, -0.25) is 14.4 Å². The van der Waals surface area contributed by atoms with Crippen LogP contribution in [-0.4, -0.2) is 37.7 Å². The highest BCUT2D eigenvalue weighted by atomic mass is 19.4. The quantitative estimate of drug-likeness (QED) is 0.240. The van der Waals surface area contributed by atoms with Crippen LogP contribution in [0.4, 0.5) is 24.5 Å². The molecule has 0 atom stereocenters. The van der Waals surface area contributed by atoms with Crippen LogP contribution in [0.5, 0.6) is 11.5 Å². The highest BCUT2D eigenvalue weighted by Gasteiger charge is 2.33. The van der Waals surface area contributed by atoms with Crippen molar-refractivity contribution in [3.05, 3.63) is 83.9 Å². The number of carbonyl (C=O) groups excluding carboxylic acids is 3. The number of alkyl halides is 3. The van der Waals surface area contributed by atoms with Gasteiger partial charge in [0.25, 0.3) is 5.91 Å². The van der Waals surface area contributed by atoms with E-state index < -0.39 is 36.1 Å². The molecule has 9 nitrogen and oxygen atoms in total. The van der Waals surface area contributed by atoms with Crippen molar-refractivity contribution in [3.8, 4) is 11.5 Å². The van der Waals surface area contributed by atoms with Crippen LogP contribution < -0.4 is 25.5 Å². The Morgan fingerprint density at radius 1 is 0.865 bits per heavy atom. The van der Waals surface area contributed by atoms with Gasteiger partial charge in [-0.05, 0) is 66.2 Å². The van der Waals surface area contributed by atoms with E-state index in [2.05, 4.69) is 21.2 Å². The molecular formula is C25H21F3N4O5. The van der Waals surface area contributed by atoms with Crippen LogP contribution >= 0.6 is 0 Å². The summed E-state index contributed by atoms with van der Waals surface area (Å²) in [5.74, 6) is -1.79. The van der Waals surface area contributed by atoms with Gasteiger partial charge < -0.3 is 20.1 Å². The first-order chi connectivity index (χ1) is 17.7. The Bertz CT molecular complexity index is 1280. The number of hydrogen-bond acceptors (Lipinski definition) is 6. The van der Waals surface area contributed by atoms with Gasteiger partial charge in [0.15, 0.2) is 6.61 Å². The summed E-state index contributed by atoms with van der Waals surface area (Å²) in [7, 11) is 1.50. The molecule has 0 radical (unpaired) electrons. The van der Waals surface area contributed by atoms with Crippen molar-refractivity contribution in [1.29, 1.82) is 0 Å². The highest BCUT2D eigenvalue weighted by molar-refractivity contribution is 6.39. The van der Waals surface area contributed by atoms with Crippen LogP contribution in [0.15, 0.2) is 77.9 Å². The Morgan fingerprint density at radius 2 is 1.51 bits per heavy atom. The SMILES string of the molecule is COc1ccc(NC(=O)C(=O)N/N=C\c2ccc(OCC(=O)Nc3ccccc3C(F)(F)F)cc2)cc1. The minimum absolute atomic E-state index is 0.277. The Kier molecular flexibility index (Phi) is 8.81. The molecular weight excluding hydrogens is 493 g/mol. The average Bonchev–Trinajstić information content (AvgIpc) is 2.88. The van der Waals surface area contributed by atoms with E-state index in [0.29, 0.717) is 17.0 Å². The topological polar surface area (TPSA) is 118 Å². The standard InChI is InChI=1S/C25H21F3N4O5/c1-36-18-12-8-17(9-13-18)30-23(34)24(35)32-29-14-16-6-10-19(11-7-16)37-15-22(33)31-21-5-3-2-4-20(21)25(26,27)28/h2-14H,15H2,1H3,(H,30,34)(H,31,33)(H,32,35)/b29-14-. The zero-order chi connectivity index (χ0) is 26.8. The van der Waals surface area contributed by atoms with Crippen molar-refractivity contribution in [2.24, 2.45) is 5.10 Å². The summed E-state index contributed by atoms with van der Waals surface area (Å²) in [6, 6.07) is 17.1. The molecule has 3 N–H and O–H groups in total. The average molecular weight is 514 g/mol. The molecule has 37 heavy (non-hydrogen) atoms. The molecule has 0 bridgehead atoms. The van der Waals surface area contributed by atoms with Gasteiger partial charge in [0.05, 0.1) is 24.6 Å². The summed E-state index contributed by atoms with van der Waals surface area (Å²) in [6.45, 7) is -0.515. The molecule has 3 aromatic carbocycles. The van der Waals surface area contributed by atoms with Crippen molar-refractivity contribution in [2.75, 3.05) is 24.4 Å². The summed E-state index contributed by atoms with van der Waals surface area (Å²) < 4.78 is 49.4. The smallest absolute Gasteiger partial charge is 0.418 e. The van der Waals surface area contributed by atoms with E-state index in [1.807, 2.05) is 0 Å². The second-order valence-corrected chi connectivity index (χ2v) is 7.33. The van der Waals surface area contributed by atoms with E-state index in [4.69, 9.17) is 9.47 Å². The first kappa shape index (κ1) is 26.7. The van der Waals surface area contributed by atoms with Gasteiger partial charge in [0.1, 0.15) is 11.5 Å². The lowest BCUT2D eigenvalue weighted by Gasteiger charge is -2.13. The van der Waals surface area contributed by atoms with E-state index in [1.165, 1.54) is 37.6 Å². The first-order valence-corrected chi connectivity index (χ1v) is 10.6. The maximum absolute atomic E-state index is 13.0. The number of anilines is 2. The van der Waals surface area contributed by atoms with E-state index in [0.717, 1.165) is 12.1 Å². The van der Waals surface area contributed by atoms with Gasteiger partial charge in [-0.25, -0.2) is 5.43 Å². The number of nitrogens with one attached hydrogen (secondary N) is 3. The van der Waals surface area contributed by atoms with Crippen molar-refractivity contribution < 1.29 is 37.0 Å². The van der Waals surface area contributed by atoms with Crippen LogP contribution in [0.2, 0.25) is 0 Å². The van der Waals surface area contributed by atoms with Gasteiger partial charge >= 0.3 is 18.0 Å². The maximum atomic E-state index is 13.0. The Hall–Kier alpha value is -4.87. The summed E-state index contributed by atoms with van der Waals surface area (Å²) in [4.78, 5) is 35.9. The number of hydrogen-bond donors (Lipinski definition) is 3. The minimum Gasteiger partial charge on any atom is -0.497 e. The predicted molar refractivity (Wildman–Crippen MR) is 129 cm³/mol. The molecule has 3 aromatic rings. The molecule has 12 heteroatoms. The number of hydrazone groups is 1. The molecule has 0 aliphatic carbocycles. The molecule has 0 saturated heterocycles. The molecule has 0 fully saturated rings. The number of amides is 3. The monoisotopic (exact) mass is 514 g/mol. The normalized spacial score (nSPS) is 11.0. The zero-order valence-corrected chi connectivity index (χ0v) is 19.3. The van der Waals surface area contributed by atoms with Crippen molar-refractivity contribution in [1.82, 2.24) is 5.43 Å². The zero-order valence-electron chi connectivity index (χ0n) is 19.3. The number of nitrogens with zero attached hydrogens (tertiary/aromatic N) is 1. The first-order valence-electron chi connectivity index (χ1n) is 10.6. The number of para-hydroxylation sites is 1. The third-order valence-electron chi connectivity index (χ3n) is 4.69. The lowest BCUT2D eigenvalue weighted by Crippen LogP contribution is -2.32. The summed E-state index contributed by atoms with van der Waals surface area (Å²) in [5.41, 5.74) is 1.71. The lowest BCUT2D eigenvalue weighted by atomic mass is 10.1. The largest absolute Gasteiger partial charge is 0.497 e. The van der Waals surface area contributed by atoms with E-state index in [-0.39, 0.29) is 11.4 Å². The summed E-state index contributed by atoms with van der Waals surface area (Å²) in [6.07, 6.45) is -3.33. The fourth-order valence-electron chi connectivity index (χ4n) is 2.90. The van der Waals surface area contributed by atoms with Crippen LogP contribution in [0.25, 0.3) is 0 Å². The molecule has 0 saturated carbocycles. The number of carbonyl (C=O) groups is 3. The van der Waals surface area contributed by atoms with Crippen molar-refractivity contribution in [2.45, 2.75) is 6.18 Å². The second-order valence-electron chi connectivity index (χ2n) is 7.33.